The number of allylic oxidation sites excluding steroid dienone is 3. The molecule has 0 amide bonds. The van der Waals surface area contributed by atoms with Crippen LogP contribution in [0.1, 0.15) is 21.6 Å². The molecule has 0 spiro atoms. The average molecular weight is 187 g/mol. The van der Waals surface area contributed by atoms with Crippen molar-refractivity contribution < 1.29 is 9.90 Å². The van der Waals surface area contributed by atoms with E-state index in [2.05, 4.69) is 4.98 Å². The molecular weight excluding hydrogens is 178 g/mol. The van der Waals surface area contributed by atoms with Crippen molar-refractivity contribution in [1.29, 1.82) is 0 Å². The summed E-state index contributed by atoms with van der Waals surface area (Å²) in [5.74, 6) is -0.0533. The molecule has 0 aromatic carbocycles. The van der Waals surface area contributed by atoms with Crippen LogP contribution in [0.4, 0.5) is 0 Å². The molecule has 0 bridgehead atoms. The van der Waals surface area contributed by atoms with Gasteiger partial charge in [0.15, 0.2) is 6.29 Å². The van der Waals surface area contributed by atoms with Crippen molar-refractivity contribution in [3.63, 3.8) is 0 Å². The molecule has 2 rings (SSSR count). The number of aromatic nitrogens is 1. The molecule has 70 valence electrons. The van der Waals surface area contributed by atoms with Crippen molar-refractivity contribution in [1.82, 2.24) is 4.98 Å². The third-order valence-corrected chi connectivity index (χ3v) is 2.18. The minimum Gasteiger partial charge on any atom is -0.506 e. The summed E-state index contributed by atoms with van der Waals surface area (Å²) in [6, 6.07) is 0. The lowest BCUT2D eigenvalue weighted by Crippen LogP contribution is -1.97. The molecule has 0 unspecified atom stereocenters. The third-order valence-electron chi connectivity index (χ3n) is 2.18. The molecule has 1 aliphatic carbocycles. The van der Waals surface area contributed by atoms with Crippen molar-refractivity contribution in [3.05, 3.63) is 41.2 Å². The Morgan fingerprint density at radius 2 is 2.29 bits per heavy atom. The highest BCUT2D eigenvalue weighted by Gasteiger charge is 2.11. The molecule has 0 saturated carbocycles. The minimum atomic E-state index is -0.0533. The molecule has 1 N–H and O–H groups in total. The van der Waals surface area contributed by atoms with Gasteiger partial charge in [0.25, 0.3) is 0 Å². The van der Waals surface area contributed by atoms with Crippen molar-refractivity contribution >= 4 is 12.4 Å². The van der Waals surface area contributed by atoms with E-state index in [4.69, 9.17) is 0 Å². The Hall–Kier alpha value is -1.90. The van der Waals surface area contributed by atoms with Crippen molar-refractivity contribution in [3.8, 4) is 5.75 Å². The van der Waals surface area contributed by atoms with Crippen LogP contribution >= 0.6 is 0 Å². The Morgan fingerprint density at radius 3 is 3.07 bits per heavy atom. The predicted molar refractivity (Wildman–Crippen MR) is 53.2 cm³/mol. The van der Waals surface area contributed by atoms with Crippen molar-refractivity contribution in [2.75, 3.05) is 0 Å². The van der Waals surface area contributed by atoms with Gasteiger partial charge in [-0.15, -0.1) is 0 Å². The Bertz CT molecular complexity index is 433. The van der Waals surface area contributed by atoms with Gasteiger partial charge >= 0.3 is 0 Å². The first-order valence-corrected chi connectivity index (χ1v) is 4.32. The molecule has 1 aromatic heterocycles. The molecular formula is C11H9NO2. The van der Waals surface area contributed by atoms with E-state index in [1.807, 2.05) is 24.3 Å². The van der Waals surface area contributed by atoms with Crippen LogP contribution in [0, 0.1) is 0 Å². The Morgan fingerprint density at radius 1 is 1.43 bits per heavy atom. The maximum atomic E-state index is 10.8. The lowest BCUT2D eigenvalue weighted by Gasteiger charge is -2.06. The van der Waals surface area contributed by atoms with Gasteiger partial charge in [-0.05, 0) is 18.1 Å². The van der Waals surface area contributed by atoms with Crippen LogP contribution in [0.2, 0.25) is 0 Å². The van der Waals surface area contributed by atoms with Gasteiger partial charge in [-0.25, -0.2) is 0 Å². The summed E-state index contributed by atoms with van der Waals surface area (Å²) in [7, 11) is 0. The van der Waals surface area contributed by atoms with Gasteiger partial charge in [-0.2, -0.15) is 0 Å². The van der Waals surface area contributed by atoms with E-state index in [9.17, 15) is 9.90 Å². The molecule has 3 nitrogen and oxygen atoms in total. The number of nitrogens with zero attached hydrogens (tertiary/aromatic N) is 1. The maximum Gasteiger partial charge on any atom is 0.154 e. The first-order valence-electron chi connectivity index (χ1n) is 4.32. The summed E-state index contributed by atoms with van der Waals surface area (Å²) >= 11 is 0. The molecule has 0 radical (unpaired) electrons. The second-order valence-electron chi connectivity index (χ2n) is 3.03. The molecule has 0 saturated heterocycles. The SMILES string of the molecule is O=Cc1c(O)cnc2c1CC=CC=C2. The number of hydrogen-bond donors (Lipinski definition) is 1. The summed E-state index contributed by atoms with van der Waals surface area (Å²) in [4.78, 5) is 14.8. The first-order chi connectivity index (χ1) is 6.83. The Kier molecular flexibility index (Phi) is 2.14. The van der Waals surface area contributed by atoms with Crippen LogP contribution in [0.3, 0.4) is 0 Å². The molecule has 1 heterocycles. The molecule has 0 aliphatic heterocycles. The monoisotopic (exact) mass is 187 g/mol. The second-order valence-corrected chi connectivity index (χ2v) is 3.03. The maximum absolute atomic E-state index is 10.8. The number of aldehydes is 1. The fourth-order valence-corrected chi connectivity index (χ4v) is 1.47. The van der Waals surface area contributed by atoms with Crippen LogP contribution in [0.5, 0.6) is 5.75 Å². The molecule has 14 heavy (non-hydrogen) atoms. The number of carbonyl (C=O) groups excluding carboxylic acids is 1. The van der Waals surface area contributed by atoms with Gasteiger partial charge in [-0.3, -0.25) is 9.78 Å². The fourth-order valence-electron chi connectivity index (χ4n) is 1.47. The zero-order valence-electron chi connectivity index (χ0n) is 7.47. The molecule has 0 fully saturated rings. The Labute approximate surface area is 81.4 Å². The zero-order valence-corrected chi connectivity index (χ0v) is 7.47. The standard InChI is InChI=1S/C11H9NO2/c13-7-9-8-4-2-1-3-5-10(8)12-6-11(9)14/h1-3,5-7,14H,4H2. The number of hydrogen-bond acceptors (Lipinski definition) is 3. The summed E-state index contributed by atoms with van der Waals surface area (Å²) in [5.41, 5.74) is 1.87. The minimum absolute atomic E-state index is 0.0533. The summed E-state index contributed by atoms with van der Waals surface area (Å²) < 4.78 is 0. The largest absolute Gasteiger partial charge is 0.506 e. The predicted octanol–water partition coefficient (Wildman–Crippen LogP) is 1.73. The highest BCUT2D eigenvalue weighted by Crippen LogP contribution is 2.23. The van der Waals surface area contributed by atoms with Gasteiger partial charge in [0.2, 0.25) is 0 Å². The van der Waals surface area contributed by atoms with E-state index in [1.54, 1.807) is 0 Å². The van der Waals surface area contributed by atoms with Crippen LogP contribution < -0.4 is 0 Å². The average Bonchev–Trinajstić information content (AvgIpc) is 2.42. The van der Waals surface area contributed by atoms with Gasteiger partial charge in [0.05, 0.1) is 17.5 Å². The number of rotatable bonds is 1. The Balaban J connectivity index is 2.67. The summed E-state index contributed by atoms with van der Waals surface area (Å²) in [6.45, 7) is 0. The number of fused-ring (bicyclic) bond motifs is 1. The summed E-state index contributed by atoms with van der Waals surface area (Å²) in [5, 5.41) is 9.42. The van der Waals surface area contributed by atoms with Crippen LogP contribution in [-0.4, -0.2) is 16.4 Å². The first kappa shape index (κ1) is 8.69. The normalized spacial score (nSPS) is 13.4. The van der Waals surface area contributed by atoms with E-state index in [1.165, 1.54) is 6.20 Å². The van der Waals surface area contributed by atoms with Gasteiger partial charge < -0.3 is 5.11 Å². The van der Waals surface area contributed by atoms with E-state index < -0.39 is 0 Å². The lowest BCUT2D eigenvalue weighted by atomic mass is 10.0. The number of pyridine rings is 1. The van der Waals surface area contributed by atoms with Gasteiger partial charge in [-0.1, -0.05) is 18.2 Å². The zero-order chi connectivity index (χ0) is 9.97. The lowest BCUT2D eigenvalue weighted by molar-refractivity contribution is 0.112. The van der Waals surface area contributed by atoms with Crippen LogP contribution in [0.15, 0.2) is 24.4 Å². The topological polar surface area (TPSA) is 50.2 Å². The fraction of sp³-hybridized carbons (Fsp3) is 0.0909. The van der Waals surface area contributed by atoms with E-state index in [0.29, 0.717) is 18.3 Å². The third kappa shape index (κ3) is 1.33. The van der Waals surface area contributed by atoms with Crippen LogP contribution in [-0.2, 0) is 6.42 Å². The molecule has 1 aliphatic rings. The highest BCUT2D eigenvalue weighted by molar-refractivity contribution is 5.83. The van der Waals surface area contributed by atoms with Crippen molar-refractivity contribution in [2.45, 2.75) is 6.42 Å². The molecule has 3 heteroatoms. The second kappa shape index (κ2) is 3.46. The van der Waals surface area contributed by atoms with E-state index in [-0.39, 0.29) is 5.75 Å². The van der Waals surface area contributed by atoms with E-state index in [0.717, 1.165) is 11.3 Å². The highest BCUT2D eigenvalue weighted by atomic mass is 16.3. The number of aromatic hydroxyl groups is 1. The van der Waals surface area contributed by atoms with Crippen molar-refractivity contribution in [2.24, 2.45) is 0 Å². The number of carbonyl (C=O) groups is 1. The smallest absolute Gasteiger partial charge is 0.154 e. The molecule has 0 atom stereocenters. The quantitative estimate of drug-likeness (QED) is 0.681. The van der Waals surface area contributed by atoms with Crippen LogP contribution in [0.25, 0.3) is 6.08 Å². The molecule has 1 aromatic rings. The van der Waals surface area contributed by atoms with E-state index >= 15 is 0 Å². The van der Waals surface area contributed by atoms with Gasteiger partial charge in [0.1, 0.15) is 5.75 Å². The summed E-state index contributed by atoms with van der Waals surface area (Å²) in [6.07, 6.45) is 10.1. The van der Waals surface area contributed by atoms with Gasteiger partial charge in [0, 0.05) is 0 Å².